The molecule has 3 aromatic carbocycles. The molecule has 1 amide bonds. The van der Waals surface area contributed by atoms with E-state index in [1.807, 2.05) is 24.3 Å². The van der Waals surface area contributed by atoms with E-state index in [0.29, 0.717) is 0 Å². The molecule has 2 fully saturated rings. The first-order valence-corrected chi connectivity index (χ1v) is 16.7. The van der Waals surface area contributed by atoms with E-state index >= 15 is 0 Å². The molecular formula is C34H35BrF3N3O2S. The smallest absolute Gasteiger partial charge is 0.416 e. The number of fused-ring (bicyclic) bond motifs is 1. The average molecular weight is 687 g/mol. The number of rotatable bonds is 8. The van der Waals surface area contributed by atoms with Gasteiger partial charge in [0.2, 0.25) is 5.91 Å². The highest BCUT2D eigenvalue weighted by atomic mass is 79.9. The van der Waals surface area contributed by atoms with E-state index in [9.17, 15) is 18.0 Å². The second kappa shape index (κ2) is 13.6. The van der Waals surface area contributed by atoms with Gasteiger partial charge >= 0.3 is 6.18 Å². The van der Waals surface area contributed by atoms with Gasteiger partial charge in [-0.1, -0.05) is 36.4 Å². The minimum absolute atomic E-state index is 0.000599. The molecule has 2 aliphatic heterocycles. The first-order chi connectivity index (χ1) is 21.2. The molecule has 2 saturated heterocycles. The summed E-state index contributed by atoms with van der Waals surface area (Å²) >= 11 is 5.22. The van der Waals surface area contributed by atoms with Crippen molar-refractivity contribution in [2.45, 2.75) is 57.0 Å². The topological polar surface area (TPSA) is 53.6 Å². The molecule has 3 heterocycles. The van der Waals surface area contributed by atoms with Crippen LogP contribution in [-0.2, 0) is 23.9 Å². The molecule has 0 spiro atoms. The number of carbonyl (C=O) groups is 1. The number of hydrogen-bond acceptors (Lipinski definition) is 5. The van der Waals surface area contributed by atoms with E-state index in [-0.39, 0.29) is 24.5 Å². The lowest BCUT2D eigenvalue weighted by Gasteiger charge is -2.32. The van der Waals surface area contributed by atoms with Crippen molar-refractivity contribution in [2.75, 3.05) is 26.2 Å². The molecule has 0 saturated carbocycles. The number of hydrogen-bond donors (Lipinski definition) is 2. The Morgan fingerprint density at radius 1 is 1.00 bits per heavy atom. The molecule has 0 atom stereocenters. The molecule has 0 radical (unpaired) electrons. The summed E-state index contributed by atoms with van der Waals surface area (Å²) in [7, 11) is 0. The van der Waals surface area contributed by atoms with Crippen LogP contribution < -0.4 is 15.4 Å². The van der Waals surface area contributed by atoms with Crippen LogP contribution in [0.1, 0.15) is 41.7 Å². The predicted molar refractivity (Wildman–Crippen MR) is 173 cm³/mol. The fourth-order valence-electron chi connectivity index (χ4n) is 6.03. The number of benzene rings is 3. The van der Waals surface area contributed by atoms with E-state index in [1.54, 1.807) is 0 Å². The van der Waals surface area contributed by atoms with E-state index < -0.39 is 11.7 Å². The zero-order valence-corrected chi connectivity index (χ0v) is 26.7. The Morgan fingerprint density at radius 3 is 2.45 bits per heavy atom. The average Bonchev–Trinajstić information content (AvgIpc) is 3.42. The Balaban J connectivity index is 0.999. The SMILES string of the molecule is O=C(Cc1cc2cccc(-c3ccc(C(F)(F)F)cc3)c2s1)NC1CCN(Cc2ccc(OC3CCNCC3)c(Br)c2)CC1. The fraction of sp³-hybridized carbons (Fsp3) is 0.382. The van der Waals surface area contributed by atoms with Crippen LogP contribution in [0.4, 0.5) is 13.2 Å². The van der Waals surface area contributed by atoms with Crippen molar-refractivity contribution in [2.24, 2.45) is 0 Å². The van der Waals surface area contributed by atoms with Crippen LogP contribution in [0.15, 0.2) is 71.2 Å². The lowest BCUT2D eigenvalue weighted by atomic mass is 10.0. The molecular weight excluding hydrogens is 651 g/mol. The van der Waals surface area contributed by atoms with Gasteiger partial charge in [-0.05, 0) is 107 Å². The molecule has 0 aliphatic carbocycles. The monoisotopic (exact) mass is 685 g/mol. The second-order valence-corrected chi connectivity index (χ2v) is 13.6. The number of carbonyl (C=O) groups excluding carboxylic acids is 1. The summed E-state index contributed by atoms with van der Waals surface area (Å²) in [5, 5.41) is 7.58. The number of alkyl halides is 3. The molecule has 2 N–H and O–H groups in total. The van der Waals surface area contributed by atoms with Crippen LogP contribution in [0.3, 0.4) is 0 Å². The summed E-state index contributed by atoms with van der Waals surface area (Å²) in [5.41, 5.74) is 2.17. The summed E-state index contributed by atoms with van der Waals surface area (Å²) in [6.45, 7) is 4.68. The summed E-state index contributed by atoms with van der Waals surface area (Å²) in [4.78, 5) is 16.3. The van der Waals surface area contributed by atoms with Crippen LogP contribution >= 0.6 is 27.3 Å². The maximum Gasteiger partial charge on any atom is 0.416 e. The van der Waals surface area contributed by atoms with Crippen molar-refractivity contribution < 1.29 is 22.7 Å². The summed E-state index contributed by atoms with van der Waals surface area (Å²) in [6, 6.07) is 19.5. The van der Waals surface area contributed by atoms with Gasteiger partial charge in [0.1, 0.15) is 11.9 Å². The first-order valence-electron chi connectivity index (χ1n) is 15.1. The Morgan fingerprint density at radius 2 is 1.75 bits per heavy atom. The molecule has 1 aromatic heterocycles. The van der Waals surface area contributed by atoms with E-state index in [1.165, 1.54) is 29.0 Å². The van der Waals surface area contributed by atoms with Gasteiger partial charge in [0.25, 0.3) is 0 Å². The number of nitrogens with one attached hydrogen (secondary N) is 2. The highest BCUT2D eigenvalue weighted by Crippen LogP contribution is 2.37. The minimum Gasteiger partial charge on any atom is -0.489 e. The van der Waals surface area contributed by atoms with Crippen molar-refractivity contribution in [3.05, 3.63) is 87.2 Å². The molecule has 5 nitrogen and oxygen atoms in total. The van der Waals surface area contributed by atoms with Gasteiger partial charge in [-0.25, -0.2) is 0 Å². The number of nitrogens with zero attached hydrogens (tertiary/aromatic N) is 1. The quantitative estimate of drug-likeness (QED) is 0.199. The van der Waals surface area contributed by atoms with Crippen LogP contribution in [0.2, 0.25) is 0 Å². The third-order valence-electron chi connectivity index (χ3n) is 8.39. The lowest BCUT2D eigenvalue weighted by Crippen LogP contribution is -2.44. The Hall–Kier alpha value is -2.92. The lowest BCUT2D eigenvalue weighted by molar-refractivity contribution is -0.137. The van der Waals surface area contributed by atoms with Crippen molar-refractivity contribution in [1.29, 1.82) is 0 Å². The van der Waals surface area contributed by atoms with E-state index in [4.69, 9.17) is 4.74 Å². The number of ether oxygens (including phenoxy) is 1. The molecule has 6 rings (SSSR count). The van der Waals surface area contributed by atoms with Gasteiger partial charge < -0.3 is 15.4 Å². The zero-order valence-electron chi connectivity index (χ0n) is 24.3. The predicted octanol–water partition coefficient (Wildman–Crippen LogP) is 7.80. The van der Waals surface area contributed by atoms with Gasteiger partial charge in [0, 0.05) is 35.3 Å². The van der Waals surface area contributed by atoms with E-state index in [2.05, 4.69) is 49.7 Å². The summed E-state index contributed by atoms with van der Waals surface area (Å²) in [5.74, 6) is 0.899. The largest absolute Gasteiger partial charge is 0.489 e. The maximum absolute atomic E-state index is 13.0. The summed E-state index contributed by atoms with van der Waals surface area (Å²) in [6.07, 6.45) is 0.0226. The number of amides is 1. The van der Waals surface area contributed by atoms with E-state index in [0.717, 1.165) is 107 Å². The highest BCUT2D eigenvalue weighted by molar-refractivity contribution is 9.10. The van der Waals surface area contributed by atoms with Gasteiger partial charge in [-0.2, -0.15) is 13.2 Å². The van der Waals surface area contributed by atoms with Crippen LogP contribution in [0, 0.1) is 0 Å². The Bertz CT molecular complexity index is 1590. The number of halogens is 4. The van der Waals surface area contributed by atoms with Crippen LogP contribution in [0.5, 0.6) is 5.75 Å². The normalized spacial score (nSPS) is 17.2. The third kappa shape index (κ3) is 7.65. The minimum atomic E-state index is -4.36. The molecule has 0 unspecified atom stereocenters. The molecule has 0 bridgehead atoms. The standard InChI is InChI=1S/C34H35BrF3N3O2S/c35-30-18-22(4-9-31(30)43-27-10-14-39-15-11-27)21-41-16-12-26(13-17-41)40-32(42)20-28-19-24-2-1-3-29(33(24)44-28)23-5-7-25(8-6-23)34(36,37)38/h1-9,18-19,26-27,39H,10-17,20-21H2,(H,40,42). The van der Waals surface area contributed by atoms with Crippen molar-refractivity contribution >= 4 is 43.3 Å². The van der Waals surface area contributed by atoms with Gasteiger partial charge in [-0.15, -0.1) is 11.3 Å². The molecule has 44 heavy (non-hydrogen) atoms. The molecule has 232 valence electrons. The third-order valence-corrected chi connectivity index (χ3v) is 10.2. The zero-order chi connectivity index (χ0) is 30.7. The maximum atomic E-state index is 13.0. The number of piperidine rings is 2. The fourth-order valence-corrected chi connectivity index (χ4v) is 7.74. The molecule has 10 heteroatoms. The van der Waals surface area contributed by atoms with Crippen LogP contribution in [-0.4, -0.2) is 49.1 Å². The van der Waals surface area contributed by atoms with Gasteiger partial charge in [0.05, 0.1) is 16.5 Å². The molecule has 4 aromatic rings. The van der Waals surface area contributed by atoms with Crippen molar-refractivity contribution in [3.63, 3.8) is 0 Å². The number of likely N-dealkylation sites (tertiary alicyclic amines) is 1. The van der Waals surface area contributed by atoms with Gasteiger partial charge in [-0.3, -0.25) is 9.69 Å². The summed E-state index contributed by atoms with van der Waals surface area (Å²) < 4.78 is 47.2. The van der Waals surface area contributed by atoms with Crippen LogP contribution in [0.25, 0.3) is 21.2 Å². The Labute approximate surface area is 267 Å². The second-order valence-electron chi connectivity index (χ2n) is 11.6. The first kappa shape index (κ1) is 31.1. The van der Waals surface area contributed by atoms with Crippen molar-refractivity contribution in [3.8, 4) is 16.9 Å². The number of thiophene rings is 1. The van der Waals surface area contributed by atoms with Crippen molar-refractivity contribution in [1.82, 2.24) is 15.5 Å². The highest BCUT2D eigenvalue weighted by Gasteiger charge is 2.30. The Kier molecular flexibility index (Phi) is 9.61. The molecule has 2 aliphatic rings. The van der Waals surface area contributed by atoms with Gasteiger partial charge in [0.15, 0.2) is 0 Å².